The van der Waals surface area contributed by atoms with Gasteiger partial charge in [0, 0.05) is 6.42 Å². The van der Waals surface area contributed by atoms with Crippen LogP contribution in [-0.4, -0.2) is 27.2 Å². The van der Waals surface area contributed by atoms with Crippen LogP contribution in [0.3, 0.4) is 0 Å². The van der Waals surface area contributed by atoms with Crippen LogP contribution in [0.4, 0.5) is 0 Å². The normalized spacial score (nSPS) is 8.94. The molecule has 0 atom stereocenters. The van der Waals surface area contributed by atoms with Crippen LogP contribution in [0, 0.1) is 5.41 Å². The van der Waals surface area contributed by atoms with Gasteiger partial charge >= 0.3 is 0 Å². The van der Waals surface area contributed by atoms with Gasteiger partial charge < -0.3 is 14.2 Å². The molecule has 0 aliphatic carbocycles. The third-order valence-electron chi connectivity index (χ3n) is 2.06. The van der Waals surface area contributed by atoms with Crippen LogP contribution in [-0.2, 0) is 11.2 Å². The largest absolute Gasteiger partial charge is 0.493 e. The average molecular weight is 246 g/mol. The molecule has 1 aromatic carbocycles. The molecule has 1 N–H and O–H groups in total. The van der Waals surface area contributed by atoms with Gasteiger partial charge in [-0.15, -0.1) is 12.4 Å². The first-order chi connectivity index (χ1) is 7.21. The summed E-state index contributed by atoms with van der Waals surface area (Å²) >= 11 is 0. The van der Waals surface area contributed by atoms with Gasteiger partial charge in [0.2, 0.25) is 0 Å². The van der Waals surface area contributed by atoms with E-state index in [1.807, 2.05) is 18.2 Å². The molecular formula is C11H16ClNO3. The number of hydrogen-bond donors (Lipinski definition) is 1. The number of halogens is 1. The molecule has 16 heavy (non-hydrogen) atoms. The molecule has 0 spiro atoms. The van der Waals surface area contributed by atoms with Gasteiger partial charge in [0.15, 0.2) is 17.4 Å². The number of hydrogen-bond acceptors (Lipinski definition) is 4. The van der Waals surface area contributed by atoms with Crippen molar-refractivity contribution in [1.29, 1.82) is 5.41 Å². The summed E-state index contributed by atoms with van der Waals surface area (Å²) in [5.74, 6) is 1.58. The predicted octanol–water partition coefficient (Wildman–Crippen LogP) is 2.29. The third kappa shape index (κ3) is 3.62. The lowest BCUT2D eigenvalue weighted by atomic mass is 10.1. The first kappa shape index (κ1) is 14.6. The molecule has 1 aromatic rings. The molecule has 0 aromatic heterocycles. The van der Waals surface area contributed by atoms with Crippen LogP contribution in [0.1, 0.15) is 5.56 Å². The van der Waals surface area contributed by atoms with E-state index in [0.717, 1.165) is 5.56 Å². The van der Waals surface area contributed by atoms with Crippen molar-refractivity contribution in [2.24, 2.45) is 0 Å². The Morgan fingerprint density at radius 1 is 1.12 bits per heavy atom. The molecule has 5 heteroatoms. The fraction of sp³-hybridized carbons (Fsp3) is 0.364. The Bertz CT molecular complexity index is 355. The first-order valence-corrected chi connectivity index (χ1v) is 4.53. The third-order valence-corrected chi connectivity index (χ3v) is 2.06. The molecule has 0 amide bonds. The van der Waals surface area contributed by atoms with Crippen molar-refractivity contribution in [3.8, 4) is 11.5 Å². The molecule has 0 saturated heterocycles. The molecule has 4 nitrogen and oxygen atoms in total. The van der Waals surface area contributed by atoms with Gasteiger partial charge in [0.1, 0.15) is 0 Å². The minimum absolute atomic E-state index is 0. The topological polar surface area (TPSA) is 51.5 Å². The number of rotatable bonds is 4. The van der Waals surface area contributed by atoms with E-state index in [4.69, 9.17) is 19.6 Å². The van der Waals surface area contributed by atoms with Crippen molar-refractivity contribution < 1.29 is 14.2 Å². The van der Waals surface area contributed by atoms with Gasteiger partial charge in [-0.3, -0.25) is 5.41 Å². The monoisotopic (exact) mass is 245 g/mol. The molecule has 0 heterocycles. The van der Waals surface area contributed by atoms with E-state index >= 15 is 0 Å². The molecule has 0 aliphatic heterocycles. The highest BCUT2D eigenvalue weighted by molar-refractivity contribution is 5.85. The molecule has 0 fully saturated rings. The van der Waals surface area contributed by atoms with Crippen molar-refractivity contribution in [3.63, 3.8) is 0 Å². The fourth-order valence-corrected chi connectivity index (χ4v) is 1.25. The summed E-state index contributed by atoms with van der Waals surface area (Å²) in [7, 11) is 4.67. The zero-order valence-corrected chi connectivity index (χ0v) is 10.4. The summed E-state index contributed by atoms with van der Waals surface area (Å²) in [5, 5.41) is 7.41. The Morgan fingerprint density at radius 3 is 2.25 bits per heavy atom. The SMILES string of the molecule is COC(=N)Cc1ccc(OC)c(OC)c1.Cl. The van der Waals surface area contributed by atoms with E-state index in [2.05, 4.69) is 0 Å². The molecule has 0 radical (unpaired) electrons. The van der Waals surface area contributed by atoms with Crippen molar-refractivity contribution in [1.82, 2.24) is 0 Å². The number of ether oxygens (including phenoxy) is 3. The Balaban J connectivity index is 0.00000225. The Hall–Kier alpha value is -1.42. The predicted molar refractivity (Wildman–Crippen MR) is 65.2 cm³/mol. The summed E-state index contributed by atoms with van der Waals surface area (Å²) < 4.78 is 15.1. The zero-order chi connectivity index (χ0) is 11.3. The maximum Gasteiger partial charge on any atom is 0.184 e. The summed E-state index contributed by atoms with van der Waals surface area (Å²) in [6.07, 6.45) is 0.455. The van der Waals surface area contributed by atoms with E-state index in [0.29, 0.717) is 17.9 Å². The average Bonchev–Trinajstić information content (AvgIpc) is 2.28. The first-order valence-electron chi connectivity index (χ1n) is 4.53. The summed E-state index contributed by atoms with van der Waals surface area (Å²) in [5.41, 5.74) is 0.958. The molecule has 90 valence electrons. The van der Waals surface area contributed by atoms with Gasteiger partial charge in [-0.25, -0.2) is 0 Å². The van der Waals surface area contributed by atoms with Crippen molar-refractivity contribution in [3.05, 3.63) is 23.8 Å². The van der Waals surface area contributed by atoms with Crippen LogP contribution in [0.5, 0.6) is 11.5 Å². The van der Waals surface area contributed by atoms with E-state index < -0.39 is 0 Å². The Morgan fingerprint density at radius 2 is 1.75 bits per heavy atom. The molecule has 0 aliphatic rings. The second-order valence-electron chi connectivity index (χ2n) is 2.99. The summed E-state index contributed by atoms with van der Waals surface area (Å²) in [6, 6.07) is 5.54. The lowest BCUT2D eigenvalue weighted by molar-refractivity contribution is 0.354. The second kappa shape index (κ2) is 6.95. The molecule has 0 saturated carbocycles. The maximum atomic E-state index is 7.41. The highest BCUT2D eigenvalue weighted by Crippen LogP contribution is 2.27. The highest BCUT2D eigenvalue weighted by Gasteiger charge is 2.06. The molecule has 0 unspecified atom stereocenters. The minimum atomic E-state index is 0. The van der Waals surface area contributed by atoms with E-state index in [9.17, 15) is 0 Å². The van der Waals surface area contributed by atoms with Crippen molar-refractivity contribution in [2.45, 2.75) is 6.42 Å². The van der Waals surface area contributed by atoms with Crippen molar-refractivity contribution >= 4 is 18.3 Å². The van der Waals surface area contributed by atoms with Crippen LogP contribution < -0.4 is 9.47 Å². The van der Waals surface area contributed by atoms with Gasteiger partial charge in [0.25, 0.3) is 0 Å². The van der Waals surface area contributed by atoms with Gasteiger partial charge in [0.05, 0.1) is 21.3 Å². The molecule has 0 bridgehead atoms. The lowest BCUT2D eigenvalue weighted by Crippen LogP contribution is -2.03. The van der Waals surface area contributed by atoms with E-state index in [1.54, 1.807) is 14.2 Å². The lowest BCUT2D eigenvalue weighted by Gasteiger charge is -2.09. The maximum absolute atomic E-state index is 7.41. The number of benzene rings is 1. The number of methoxy groups -OCH3 is 3. The van der Waals surface area contributed by atoms with Crippen LogP contribution in [0.25, 0.3) is 0 Å². The number of nitrogens with one attached hydrogen (secondary N) is 1. The smallest absolute Gasteiger partial charge is 0.184 e. The van der Waals surface area contributed by atoms with E-state index in [1.165, 1.54) is 7.11 Å². The Kier molecular flexibility index (Phi) is 6.34. The van der Waals surface area contributed by atoms with Crippen LogP contribution >= 0.6 is 12.4 Å². The van der Waals surface area contributed by atoms with Crippen molar-refractivity contribution in [2.75, 3.05) is 21.3 Å². The van der Waals surface area contributed by atoms with Gasteiger partial charge in [-0.2, -0.15) is 0 Å². The zero-order valence-electron chi connectivity index (χ0n) is 9.57. The fourth-order valence-electron chi connectivity index (χ4n) is 1.25. The quantitative estimate of drug-likeness (QED) is 0.654. The van der Waals surface area contributed by atoms with Crippen LogP contribution in [0.15, 0.2) is 18.2 Å². The van der Waals surface area contributed by atoms with Gasteiger partial charge in [-0.1, -0.05) is 6.07 Å². The van der Waals surface area contributed by atoms with E-state index in [-0.39, 0.29) is 18.3 Å². The Labute approximate surface area is 101 Å². The molecular weight excluding hydrogens is 230 g/mol. The minimum Gasteiger partial charge on any atom is -0.493 e. The van der Waals surface area contributed by atoms with Crippen LogP contribution in [0.2, 0.25) is 0 Å². The molecule has 1 rings (SSSR count). The highest BCUT2D eigenvalue weighted by atomic mass is 35.5. The summed E-state index contributed by atoms with van der Waals surface area (Å²) in [4.78, 5) is 0. The second-order valence-corrected chi connectivity index (χ2v) is 2.99. The van der Waals surface area contributed by atoms with Gasteiger partial charge in [-0.05, 0) is 17.7 Å². The summed E-state index contributed by atoms with van der Waals surface area (Å²) in [6.45, 7) is 0. The standard InChI is InChI=1S/C11H15NO3.ClH/c1-13-9-5-4-8(6-10(9)14-2)7-11(12)15-3;/h4-6,12H,7H2,1-3H3;1H.